The van der Waals surface area contributed by atoms with E-state index in [1.165, 1.54) is 6.08 Å². The molecule has 0 fully saturated rings. The molecule has 0 radical (unpaired) electrons. The Bertz CT molecular complexity index is 1280. The van der Waals surface area contributed by atoms with Gasteiger partial charge in [0.15, 0.2) is 11.5 Å². The van der Waals surface area contributed by atoms with E-state index in [0.717, 1.165) is 33.8 Å². The number of nitriles is 1. The summed E-state index contributed by atoms with van der Waals surface area (Å²) in [6, 6.07) is 18.7. The summed E-state index contributed by atoms with van der Waals surface area (Å²) in [5.74, 6) is 1.19. The molecule has 0 aliphatic carbocycles. The number of ether oxygens (including phenoxy) is 3. The van der Waals surface area contributed by atoms with Gasteiger partial charge in [-0.15, -0.1) is 0 Å². The van der Waals surface area contributed by atoms with E-state index in [9.17, 15) is 4.79 Å². The first-order valence-corrected chi connectivity index (χ1v) is 10.2. The third-order valence-corrected chi connectivity index (χ3v) is 5.46. The molecule has 3 aromatic rings. The lowest BCUT2D eigenvalue weighted by molar-refractivity contribution is -0.114. The molecule has 0 saturated carbocycles. The van der Waals surface area contributed by atoms with Gasteiger partial charge < -0.3 is 19.9 Å². The lowest BCUT2D eigenvalue weighted by Gasteiger charge is -2.14. The van der Waals surface area contributed by atoms with Crippen LogP contribution in [0.15, 0.2) is 60.2 Å². The van der Waals surface area contributed by atoms with Crippen molar-refractivity contribution in [2.75, 3.05) is 6.79 Å². The van der Waals surface area contributed by atoms with Crippen LogP contribution < -0.4 is 19.9 Å². The zero-order valence-corrected chi connectivity index (χ0v) is 18.0. The molecule has 1 aliphatic heterocycles. The molecule has 3 aromatic carbocycles. The van der Waals surface area contributed by atoms with E-state index >= 15 is 0 Å². The van der Waals surface area contributed by atoms with Gasteiger partial charge in [-0.25, -0.2) is 0 Å². The van der Waals surface area contributed by atoms with Gasteiger partial charge in [-0.3, -0.25) is 4.79 Å². The van der Waals surface area contributed by atoms with Gasteiger partial charge in [0.2, 0.25) is 6.79 Å². The normalized spacial score (nSPS) is 12.3. The number of carbonyl (C=O) groups is 1. The van der Waals surface area contributed by atoms with Crippen molar-refractivity contribution in [3.8, 4) is 34.4 Å². The molecular weight excluding hydrogens is 428 g/mol. The minimum atomic E-state index is -0.790. The summed E-state index contributed by atoms with van der Waals surface area (Å²) in [6.07, 6.45) is 1.39. The van der Waals surface area contributed by atoms with Crippen molar-refractivity contribution < 1.29 is 19.0 Å². The molecular formula is C25H19ClN2O4. The Morgan fingerprint density at radius 2 is 2.00 bits per heavy atom. The third-order valence-electron chi connectivity index (χ3n) is 5.17. The average molecular weight is 447 g/mol. The lowest BCUT2D eigenvalue weighted by Crippen LogP contribution is -2.12. The van der Waals surface area contributed by atoms with E-state index in [-0.39, 0.29) is 12.4 Å². The highest BCUT2D eigenvalue weighted by atomic mass is 35.5. The Labute approximate surface area is 190 Å². The minimum Gasteiger partial charge on any atom is -0.487 e. The molecule has 0 saturated heterocycles. The first-order chi connectivity index (χ1) is 15.5. The van der Waals surface area contributed by atoms with Crippen molar-refractivity contribution >= 4 is 23.6 Å². The number of carbonyl (C=O) groups excluding carboxylic acids is 1. The SMILES string of the molecule is Cc1c(COc2ccc(/C=C(\C#N)C(N)=O)cc2Cl)cccc1-c1ccc2c(c1)OCO2. The van der Waals surface area contributed by atoms with Crippen LogP contribution in [0.25, 0.3) is 17.2 Å². The molecule has 1 amide bonds. The summed E-state index contributed by atoms with van der Waals surface area (Å²) in [5, 5.41) is 9.34. The smallest absolute Gasteiger partial charge is 0.259 e. The van der Waals surface area contributed by atoms with Gasteiger partial charge in [0.25, 0.3) is 5.91 Å². The number of rotatable bonds is 6. The van der Waals surface area contributed by atoms with E-state index in [0.29, 0.717) is 22.9 Å². The molecule has 7 heteroatoms. The number of amides is 1. The van der Waals surface area contributed by atoms with Crippen molar-refractivity contribution in [3.05, 3.63) is 81.9 Å². The van der Waals surface area contributed by atoms with Crippen molar-refractivity contribution in [1.29, 1.82) is 5.26 Å². The highest BCUT2D eigenvalue weighted by Gasteiger charge is 2.15. The van der Waals surface area contributed by atoms with Crippen molar-refractivity contribution in [3.63, 3.8) is 0 Å². The summed E-state index contributed by atoms with van der Waals surface area (Å²) in [7, 11) is 0. The fourth-order valence-corrected chi connectivity index (χ4v) is 3.66. The van der Waals surface area contributed by atoms with Gasteiger partial charge >= 0.3 is 0 Å². The second-order valence-electron chi connectivity index (χ2n) is 7.17. The maximum absolute atomic E-state index is 11.2. The van der Waals surface area contributed by atoms with Crippen LogP contribution in [0, 0.1) is 18.3 Å². The summed E-state index contributed by atoms with van der Waals surface area (Å²) in [4.78, 5) is 11.2. The molecule has 0 atom stereocenters. The molecule has 1 heterocycles. The van der Waals surface area contributed by atoms with E-state index in [4.69, 9.17) is 36.8 Å². The maximum atomic E-state index is 11.2. The average Bonchev–Trinajstić information content (AvgIpc) is 3.25. The number of primary amides is 1. The molecule has 0 bridgehead atoms. The molecule has 6 nitrogen and oxygen atoms in total. The fourth-order valence-electron chi connectivity index (χ4n) is 3.42. The van der Waals surface area contributed by atoms with Crippen LogP contribution in [0.2, 0.25) is 5.02 Å². The number of nitrogens with two attached hydrogens (primary N) is 1. The standard InChI is InChI=1S/C25H19ClN2O4/c1-15-18(3-2-4-20(15)17-6-8-23-24(11-17)32-14-31-23)13-30-22-7-5-16(10-21(22)26)9-19(12-27)25(28)29/h2-11H,13-14H2,1H3,(H2,28,29)/b19-9+. The first kappa shape index (κ1) is 21.3. The van der Waals surface area contributed by atoms with Crippen LogP contribution in [-0.4, -0.2) is 12.7 Å². The number of halogens is 1. The number of hydrogen-bond acceptors (Lipinski definition) is 5. The molecule has 0 aromatic heterocycles. The summed E-state index contributed by atoms with van der Waals surface area (Å²) in [6.45, 7) is 2.60. The van der Waals surface area contributed by atoms with Crippen LogP contribution in [0.5, 0.6) is 17.2 Å². The zero-order chi connectivity index (χ0) is 22.7. The van der Waals surface area contributed by atoms with Crippen LogP contribution in [-0.2, 0) is 11.4 Å². The van der Waals surface area contributed by atoms with Gasteiger partial charge in [-0.05, 0) is 65.1 Å². The molecule has 0 spiro atoms. The predicted molar refractivity (Wildman–Crippen MR) is 121 cm³/mol. The monoisotopic (exact) mass is 446 g/mol. The molecule has 2 N–H and O–H groups in total. The Kier molecular flexibility index (Phi) is 6.02. The second kappa shape index (κ2) is 9.04. The largest absolute Gasteiger partial charge is 0.487 e. The van der Waals surface area contributed by atoms with Gasteiger partial charge in [0.1, 0.15) is 24.0 Å². The highest BCUT2D eigenvalue weighted by molar-refractivity contribution is 6.32. The van der Waals surface area contributed by atoms with Crippen molar-refractivity contribution in [2.24, 2.45) is 5.73 Å². The van der Waals surface area contributed by atoms with Crippen LogP contribution in [0.3, 0.4) is 0 Å². The van der Waals surface area contributed by atoms with Gasteiger partial charge in [0.05, 0.1) is 5.02 Å². The molecule has 4 rings (SSSR count). The fraction of sp³-hybridized carbons (Fsp3) is 0.120. The van der Waals surface area contributed by atoms with Crippen molar-refractivity contribution in [1.82, 2.24) is 0 Å². The number of nitrogens with zero attached hydrogens (tertiary/aromatic N) is 1. The zero-order valence-electron chi connectivity index (χ0n) is 17.2. The maximum Gasteiger partial charge on any atom is 0.259 e. The van der Waals surface area contributed by atoms with Crippen molar-refractivity contribution in [2.45, 2.75) is 13.5 Å². The van der Waals surface area contributed by atoms with E-state index in [1.54, 1.807) is 24.3 Å². The van der Waals surface area contributed by atoms with Gasteiger partial charge in [-0.2, -0.15) is 5.26 Å². The topological polar surface area (TPSA) is 94.6 Å². The number of hydrogen-bond donors (Lipinski definition) is 1. The first-order valence-electron chi connectivity index (χ1n) is 9.78. The van der Waals surface area contributed by atoms with Crippen LogP contribution in [0.4, 0.5) is 0 Å². The van der Waals surface area contributed by atoms with E-state index in [2.05, 4.69) is 6.07 Å². The second-order valence-corrected chi connectivity index (χ2v) is 7.58. The Morgan fingerprint density at radius 3 is 2.75 bits per heavy atom. The summed E-state index contributed by atoms with van der Waals surface area (Å²) < 4.78 is 16.8. The molecule has 0 unspecified atom stereocenters. The minimum absolute atomic E-state index is 0.148. The predicted octanol–water partition coefficient (Wildman–Crippen LogP) is 5.02. The quantitative estimate of drug-likeness (QED) is 0.424. The molecule has 160 valence electrons. The number of benzene rings is 3. The van der Waals surface area contributed by atoms with Gasteiger partial charge in [-0.1, -0.05) is 41.9 Å². The summed E-state index contributed by atoms with van der Waals surface area (Å²) in [5.41, 5.74) is 9.81. The van der Waals surface area contributed by atoms with Crippen LogP contribution in [0.1, 0.15) is 16.7 Å². The molecule has 32 heavy (non-hydrogen) atoms. The number of fused-ring (bicyclic) bond motifs is 1. The Balaban J connectivity index is 1.53. The summed E-state index contributed by atoms with van der Waals surface area (Å²) >= 11 is 6.34. The van der Waals surface area contributed by atoms with Gasteiger partial charge in [0, 0.05) is 0 Å². The van der Waals surface area contributed by atoms with E-state index in [1.807, 2.05) is 37.3 Å². The Hall–Kier alpha value is -3.95. The third kappa shape index (κ3) is 4.39. The lowest BCUT2D eigenvalue weighted by atomic mass is 9.96. The molecule has 1 aliphatic rings. The van der Waals surface area contributed by atoms with Crippen LogP contribution >= 0.6 is 11.6 Å². The Morgan fingerprint density at radius 1 is 1.19 bits per heavy atom. The highest BCUT2D eigenvalue weighted by Crippen LogP contribution is 2.37. The van der Waals surface area contributed by atoms with E-state index < -0.39 is 5.91 Å².